The highest BCUT2D eigenvalue weighted by Gasteiger charge is 2.30. The second-order valence-electron chi connectivity index (χ2n) is 3.51. The van der Waals surface area contributed by atoms with E-state index in [2.05, 4.69) is 15.9 Å². The molecule has 0 saturated heterocycles. The molecule has 4 heteroatoms. The van der Waals surface area contributed by atoms with E-state index in [4.69, 9.17) is 0 Å². The van der Waals surface area contributed by atoms with Gasteiger partial charge in [-0.3, -0.25) is 0 Å². The minimum atomic E-state index is -4.27. The molecule has 0 nitrogen and oxygen atoms in total. The molecule has 0 aliphatic heterocycles. The highest BCUT2D eigenvalue weighted by Crippen LogP contribution is 2.30. The zero-order valence-electron chi connectivity index (χ0n) is 8.81. The van der Waals surface area contributed by atoms with E-state index in [1.165, 1.54) is 0 Å². The molecule has 0 radical (unpaired) electrons. The van der Waals surface area contributed by atoms with E-state index in [0.29, 0.717) is 11.1 Å². The van der Waals surface area contributed by atoms with Crippen molar-refractivity contribution in [2.45, 2.75) is 19.5 Å². The monoisotopic (exact) mass is 292 g/mol. The minimum Gasteiger partial charge on any atom is -0.166 e. The highest BCUT2D eigenvalue weighted by molar-refractivity contribution is 9.09. The SMILES string of the molecule is Cc1cc(C=CCCBr)cc(C(F)(F)F)c1. The Hall–Kier alpha value is -0.770. The molecule has 16 heavy (non-hydrogen) atoms. The van der Waals surface area contributed by atoms with Crippen LogP contribution in [0.2, 0.25) is 0 Å². The second-order valence-corrected chi connectivity index (χ2v) is 4.30. The minimum absolute atomic E-state index is 0.591. The normalized spacial score (nSPS) is 12.3. The van der Waals surface area contributed by atoms with Crippen LogP contribution in [0, 0.1) is 6.92 Å². The van der Waals surface area contributed by atoms with Crippen molar-refractivity contribution in [3.63, 3.8) is 0 Å². The fourth-order valence-corrected chi connectivity index (χ4v) is 1.62. The smallest absolute Gasteiger partial charge is 0.166 e. The lowest BCUT2D eigenvalue weighted by molar-refractivity contribution is -0.137. The van der Waals surface area contributed by atoms with Gasteiger partial charge in [0.05, 0.1) is 5.56 Å². The van der Waals surface area contributed by atoms with Gasteiger partial charge in [-0.1, -0.05) is 34.1 Å². The summed E-state index contributed by atoms with van der Waals surface area (Å²) in [5.41, 5.74) is 0.618. The number of aryl methyl sites for hydroxylation is 1. The van der Waals surface area contributed by atoms with Crippen molar-refractivity contribution in [2.75, 3.05) is 5.33 Å². The van der Waals surface area contributed by atoms with Gasteiger partial charge < -0.3 is 0 Å². The highest BCUT2D eigenvalue weighted by atomic mass is 79.9. The Balaban J connectivity index is 2.99. The van der Waals surface area contributed by atoms with Gasteiger partial charge in [0.25, 0.3) is 0 Å². The first-order valence-corrected chi connectivity index (χ1v) is 5.97. The Bertz CT molecular complexity index is 380. The van der Waals surface area contributed by atoms with Gasteiger partial charge in [-0.25, -0.2) is 0 Å². The molecule has 0 aliphatic rings. The summed E-state index contributed by atoms with van der Waals surface area (Å²) in [5, 5.41) is 0.807. The molecular formula is C12H12BrF3. The zero-order valence-corrected chi connectivity index (χ0v) is 10.4. The van der Waals surface area contributed by atoms with E-state index < -0.39 is 11.7 Å². The van der Waals surface area contributed by atoms with Crippen LogP contribution < -0.4 is 0 Å². The Labute approximate surface area is 101 Å². The lowest BCUT2D eigenvalue weighted by Gasteiger charge is -2.08. The van der Waals surface area contributed by atoms with Crippen molar-refractivity contribution < 1.29 is 13.2 Å². The van der Waals surface area contributed by atoms with Crippen LogP contribution in [0.5, 0.6) is 0 Å². The Kier molecular flexibility index (Phi) is 4.59. The molecule has 0 atom stereocenters. The summed E-state index contributed by atoms with van der Waals surface area (Å²) in [6.07, 6.45) is 0.0898. The van der Waals surface area contributed by atoms with Gasteiger partial charge >= 0.3 is 6.18 Å². The maximum Gasteiger partial charge on any atom is 0.416 e. The molecule has 1 rings (SSSR count). The van der Waals surface area contributed by atoms with Crippen molar-refractivity contribution in [3.8, 4) is 0 Å². The topological polar surface area (TPSA) is 0 Å². The zero-order chi connectivity index (χ0) is 12.2. The molecule has 0 N–H and O–H groups in total. The lowest BCUT2D eigenvalue weighted by Crippen LogP contribution is -2.05. The van der Waals surface area contributed by atoms with Crippen LogP contribution in [0.15, 0.2) is 24.3 Å². The van der Waals surface area contributed by atoms with Crippen LogP contribution in [0.4, 0.5) is 13.2 Å². The number of halogens is 4. The van der Waals surface area contributed by atoms with E-state index in [0.717, 1.165) is 23.9 Å². The summed E-state index contributed by atoms with van der Waals surface area (Å²) in [4.78, 5) is 0. The molecule has 0 saturated carbocycles. The fourth-order valence-electron chi connectivity index (χ4n) is 1.36. The standard InChI is InChI=1S/C12H12BrF3/c1-9-6-10(4-2-3-5-13)8-11(7-9)12(14,15)16/h2,4,6-8H,3,5H2,1H3. The van der Waals surface area contributed by atoms with Gasteiger partial charge in [0.1, 0.15) is 0 Å². The quantitative estimate of drug-likeness (QED) is 0.701. The van der Waals surface area contributed by atoms with Crippen LogP contribution in [0.25, 0.3) is 6.08 Å². The van der Waals surface area contributed by atoms with E-state index in [-0.39, 0.29) is 0 Å². The molecule has 0 aliphatic carbocycles. The average molecular weight is 293 g/mol. The molecular weight excluding hydrogens is 281 g/mol. The summed E-state index contributed by atoms with van der Waals surface area (Å²) >= 11 is 3.25. The molecule has 0 fully saturated rings. The van der Waals surface area contributed by atoms with Crippen molar-refractivity contribution in [1.29, 1.82) is 0 Å². The van der Waals surface area contributed by atoms with E-state index >= 15 is 0 Å². The van der Waals surface area contributed by atoms with E-state index in [1.807, 2.05) is 6.08 Å². The van der Waals surface area contributed by atoms with E-state index in [1.54, 1.807) is 19.1 Å². The van der Waals surface area contributed by atoms with Crippen LogP contribution in [0.1, 0.15) is 23.1 Å². The Morgan fingerprint density at radius 3 is 2.50 bits per heavy atom. The first-order chi connectivity index (χ1) is 7.43. The van der Waals surface area contributed by atoms with Gasteiger partial charge in [-0.2, -0.15) is 13.2 Å². The molecule has 0 unspecified atom stereocenters. The Morgan fingerprint density at radius 1 is 1.25 bits per heavy atom. The molecule has 88 valence electrons. The van der Waals surface area contributed by atoms with Gasteiger partial charge in [0.2, 0.25) is 0 Å². The van der Waals surface area contributed by atoms with Crippen molar-refractivity contribution in [3.05, 3.63) is 41.0 Å². The molecule has 0 spiro atoms. The van der Waals surface area contributed by atoms with Crippen molar-refractivity contribution in [1.82, 2.24) is 0 Å². The number of hydrogen-bond donors (Lipinski definition) is 0. The second kappa shape index (κ2) is 5.53. The number of rotatable bonds is 3. The van der Waals surface area contributed by atoms with Gasteiger partial charge in [0, 0.05) is 5.33 Å². The molecule has 0 aromatic heterocycles. The summed E-state index contributed by atoms with van der Waals surface area (Å²) in [5.74, 6) is 0. The molecule has 0 heterocycles. The third kappa shape index (κ3) is 4.00. The Morgan fingerprint density at radius 2 is 1.94 bits per heavy atom. The average Bonchev–Trinajstić information content (AvgIpc) is 2.16. The summed E-state index contributed by atoms with van der Waals surface area (Å²) < 4.78 is 37.5. The molecule has 0 bridgehead atoms. The third-order valence-electron chi connectivity index (χ3n) is 2.01. The predicted molar refractivity (Wildman–Crippen MR) is 63.6 cm³/mol. The van der Waals surface area contributed by atoms with Gasteiger partial charge in [-0.15, -0.1) is 0 Å². The number of hydrogen-bond acceptors (Lipinski definition) is 0. The van der Waals surface area contributed by atoms with Gasteiger partial charge in [0.15, 0.2) is 0 Å². The lowest BCUT2D eigenvalue weighted by atomic mass is 10.1. The summed E-state index contributed by atoms with van der Waals surface area (Å²) in [6, 6.07) is 4.06. The van der Waals surface area contributed by atoms with E-state index in [9.17, 15) is 13.2 Å². The first-order valence-electron chi connectivity index (χ1n) is 4.85. The molecule has 1 aromatic carbocycles. The van der Waals surface area contributed by atoms with Crippen LogP contribution in [-0.4, -0.2) is 5.33 Å². The van der Waals surface area contributed by atoms with Crippen molar-refractivity contribution >= 4 is 22.0 Å². The first kappa shape index (κ1) is 13.3. The van der Waals surface area contributed by atoms with Crippen LogP contribution >= 0.6 is 15.9 Å². The maximum atomic E-state index is 12.5. The molecule has 0 amide bonds. The third-order valence-corrected chi connectivity index (χ3v) is 2.47. The van der Waals surface area contributed by atoms with Crippen LogP contribution in [-0.2, 0) is 6.18 Å². The van der Waals surface area contributed by atoms with Gasteiger partial charge in [-0.05, 0) is 36.6 Å². The summed E-state index contributed by atoms with van der Waals surface area (Å²) in [7, 11) is 0. The predicted octanol–water partition coefficient (Wildman–Crippen LogP) is 4.81. The van der Waals surface area contributed by atoms with Crippen molar-refractivity contribution in [2.24, 2.45) is 0 Å². The largest absolute Gasteiger partial charge is 0.416 e. The number of alkyl halides is 4. The fraction of sp³-hybridized carbons (Fsp3) is 0.333. The number of benzene rings is 1. The maximum absolute atomic E-state index is 12.5. The number of allylic oxidation sites excluding steroid dienone is 1. The molecule has 1 aromatic rings. The van der Waals surface area contributed by atoms with Crippen LogP contribution in [0.3, 0.4) is 0 Å². The summed E-state index contributed by atoms with van der Waals surface area (Å²) in [6.45, 7) is 1.66.